The number of carbonyl (C=O) groups is 4. The molecule has 6 nitrogen and oxygen atoms in total. The van der Waals surface area contributed by atoms with Gasteiger partial charge in [0.05, 0.1) is 16.3 Å². The molecule has 1 aliphatic heterocycles. The number of halogens is 1. The minimum absolute atomic E-state index is 0.164. The molecule has 4 aliphatic rings. The number of hydrogen-bond acceptors (Lipinski definition) is 5. The predicted molar refractivity (Wildman–Crippen MR) is 134 cm³/mol. The fourth-order valence-corrected chi connectivity index (χ4v) is 6.85. The predicted octanol–water partition coefficient (Wildman–Crippen LogP) is 4.57. The van der Waals surface area contributed by atoms with Gasteiger partial charge in [-0.25, -0.2) is 0 Å². The number of hydrogen-bond donors (Lipinski definition) is 1. The molecule has 1 aromatic carbocycles. The average Bonchev–Trinajstić information content (AvgIpc) is 3.04. The summed E-state index contributed by atoms with van der Waals surface area (Å²) in [5.41, 5.74) is 3.28. The van der Waals surface area contributed by atoms with Gasteiger partial charge >= 0.3 is 0 Å². The van der Waals surface area contributed by atoms with Gasteiger partial charge in [0.2, 0.25) is 11.8 Å². The number of ketones is 2. The molecule has 2 amide bonds. The summed E-state index contributed by atoms with van der Waals surface area (Å²) in [6.45, 7) is 9.17. The van der Waals surface area contributed by atoms with Gasteiger partial charge in [0.25, 0.3) is 0 Å². The van der Waals surface area contributed by atoms with E-state index in [4.69, 9.17) is 0 Å². The average molecular weight is 538 g/mol. The normalized spacial score (nSPS) is 28.6. The fourth-order valence-electron chi connectivity index (χ4n) is 6.40. The van der Waals surface area contributed by atoms with Crippen molar-refractivity contribution >= 4 is 39.3 Å². The fraction of sp³-hybridized carbons (Fsp3) is 0.429. The van der Waals surface area contributed by atoms with Crippen molar-refractivity contribution in [3.8, 4) is 5.75 Å². The molecule has 0 bridgehead atoms. The number of phenolic OH excluding ortho intramolecular Hbond substituents is 1. The summed E-state index contributed by atoms with van der Waals surface area (Å²) in [5.74, 6) is -2.54. The second-order valence-corrected chi connectivity index (χ2v) is 11.9. The molecule has 1 fully saturated rings. The van der Waals surface area contributed by atoms with E-state index >= 15 is 0 Å². The third-order valence-corrected chi connectivity index (χ3v) is 8.44. The number of amides is 2. The van der Waals surface area contributed by atoms with Gasteiger partial charge in [0, 0.05) is 28.7 Å². The van der Waals surface area contributed by atoms with E-state index < -0.39 is 23.3 Å². The number of rotatable bonds is 1. The maximum Gasteiger partial charge on any atom is 0.234 e. The van der Waals surface area contributed by atoms with Crippen LogP contribution in [0.4, 0.5) is 0 Å². The highest BCUT2D eigenvalue weighted by atomic mass is 79.9. The first-order chi connectivity index (χ1) is 16.3. The Morgan fingerprint density at radius 3 is 2.23 bits per heavy atom. The number of imide groups is 1. The monoisotopic (exact) mass is 537 g/mol. The summed E-state index contributed by atoms with van der Waals surface area (Å²) in [7, 11) is 0. The van der Waals surface area contributed by atoms with Gasteiger partial charge in [-0.2, -0.15) is 0 Å². The van der Waals surface area contributed by atoms with Gasteiger partial charge in [0.15, 0.2) is 11.6 Å². The number of benzene rings is 1. The zero-order valence-corrected chi connectivity index (χ0v) is 22.0. The van der Waals surface area contributed by atoms with Crippen molar-refractivity contribution < 1.29 is 24.3 Å². The Hall–Kier alpha value is -2.80. The zero-order valence-electron chi connectivity index (χ0n) is 20.4. The molecule has 0 radical (unpaired) electrons. The summed E-state index contributed by atoms with van der Waals surface area (Å²) in [4.78, 5) is 54.9. The number of carbonyl (C=O) groups excluding carboxylic acids is 4. The van der Waals surface area contributed by atoms with Crippen LogP contribution in [-0.4, -0.2) is 38.9 Å². The maximum atomic E-state index is 13.7. The van der Waals surface area contributed by atoms with Crippen LogP contribution in [0.3, 0.4) is 0 Å². The smallest absolute Gasteiger partial charge is 0.234 e. The Bertz CT molecular complexity index is 1300. The van der Waals surface area contributed by atoms with Crippen LogP contribution in [-0.2, 0) is 19.2 Å². The molecule has 35 heavy (non-hydrogen) atoms. The maximum absolute atomic E-state index is 13.7. The van der Waals surface area contributed by atoms with Gasteiger partial charge in [-0.15, -0.1) is 0 Å². The number of allylic oxidation sites excluding steroid dienone is 6. The van der Waals surface area contributed by atoms with E-state index in [-0.39, 0.29) is 46.0 Å². The molecule has 0 aromatic heterocycles. The topological polar surface area (TPSA) is 91.8 Å². The van der Waals surface area contributed by atoms with Crippen LogP contribution >= 0.6 is 15.9 Å². The molecule has 1 saturated heterocycles. The number of phenols is 1. The highest BCUT2D eigenvalue weighted by Crippen LogP contribution is 2.56. The lowest BCUT2D eigenvalue weighted by Crippen LogP contribution is -2.46. The Balaban J connectivity index is 1.71. The van der Waals surface area contributed by atoms with Gasteiger partial charge in [-0.3, -0.25) is 24.1 Å². The SMILES string of the molecule is Cc1cc([C@H]2C3=CC[C@@H]4C(=O)N(C(C)(C)C)C(=O)[C@@H]4[C@@H]3CC3=C2C(=O)C=C(Br)C3=O)cc(C)c1O. The van der Waals surface area contributed by atoms with E-state index in [0.717, 1.165) is 11.1 Å². The second-order valence-electron chi connectivity index (χ2n) is 11.1. The lowest BCUT2D eigenvalue weighted by Gasteiger charge is -2.42. The summed E-state index contributed by atoms with van der Waals surface area (Å²) < 4.78 is 0.211. The molecule has 0 unspecified atom stereocenters. The van der Waals surface area contributed by atoms with Crippen LogP contribution in [0.2, 0.25) is 0 Å². The minimum Gasteiger partial charge on any atom is -0.507 e. The second kappa shape index (κ2) is 7.85. The number of fused-ring (bicyclic) bond motifs is 3. The lowest BCUT2D eigenvalue weighted by atomic mass is 9.59. The summed E-state index contributed by atoms with van der Waals surface area (Å²) in [6.07, 6.45) is 4.01. The third-order valence-electron chi connectivity index (χ3n) is 7.85. The highest BCUT2D eigenvalue weighted by molar-refractivity contribution is 9.12. The van der Waals surface area contributed by atoms with Crippen LogP contribution in [0.15, 0.2) is 45.5 Å². The van der Waals surface area contributed by atoms with E-state index in [0.29, 0.717) is 28.7 Å². The van der Waals surface area contributed by atoms with Crippen molar-refractivity contribution in [3.63, 3.8) is 0 Å². The molecular formula is C28H28BrNO5. The molecule has 7 heteroatoms. The molecule has 0 spiro atoms. The largest absolute Gasteiger partial charge is 0.507 e. The molecule has 1 heterocycles. The first-order valence-electron chi connectivity index (χ1n) is 11.9. The standard InChI is InChI=1S/C28H28BrNO5/c1-12-8-14(9-13(2)24(12)32)21-15-6-7-16-22(27(35)30(26(16)34)28(3,4)5)17(15)10-18-23(21)20(31)11-19(29)25(18)33/h6,8-9,11,16-17,21-22,32H,7,10H2,1-5H3/t16-,17+,21-,22-/m0/s1. The van der Waals surface area contributed by atoms with Gasteiger partial charge in [-0.05, 0) is 86.0 Å². The van der Waals surface area contributed by atoms with E-state index in [1.807, 2.05) is 39.0 Å². The molecule has 1 N–H and O–H groups in total. The van der Waals surface area contributed by atoms with Crippen LogP contribution in [0.1, 0.15) is 56.2 Å². The van der Waals surface area contributed by atoms with E-state index in [2.05, 4.69) is 15.9 Å². The molecule has 0 saturated carbocycles. The third kappa shape index (κ3) is 3.42. The van der Waals surface area contributed by atoms with Crippen molar-refractivity contribution in [1.29, 1.82) is 0 Å². The van der Waals surface area contributed by atoms with Crippen LogP contribution < -0.4 is 0 Å². The molecule has 1 aromatic rings. The van der Waals surface area contributed by atoms with E-state index in [1.54, 1.807) is 13.8 Å². The zero-order chi connectivity index (χ0) is 25.6. The van der Waals surface area contributed by atoms with Crippen molar-refractivity contribution in [2.45, 2.75) is 58.9 Å². The summed E-state index contributed by atoms with van der Waals surface area (Å²) in [5, 5.41) is 10.4. The Morgan fingerprint density at radius 1 is 1.00 bits per heavy atom. The highest BCUT2D eigenvalue weighted by Gasteiger charge is 2.58. The number of aromatic hydroxyl groups is 1. The van der Waals surface area contributed by atoms with Crippen LogP contribution in [0, 0.1) is 31.6 Å². The van der Waals surface area contributed by atoms with Crippen LogP contribution in [0.5, 0.6) is 5.75 Å². The Labute approximate surface area is 212 Å². The number of likely N-dealkylation sites (tertiary alicyclic amines) is 1. The van der Waals surface area contributed by atoms with Crippen molar-refractivity contribution in [3.05, 3.63) is 62.2 Å². The van der Waals surface area contributed by atoms with Crippen molar-refractivity contribution in [1.82, 2.24) is 4.90 Å². The molecule has 3 aliphatic carbocycles. The van der Waals surface area contributed by atoms with Gasteiger partial charge < -0.3 is 5.11 Å². The Kier molecular flexibility index (Phi) is 5.37. The van der Waals surface area contributed by atoms with Crippen molar-refractivity contribution in [2.75, 3.05) is 0 Å². The number of aryl methyl sites for hydroxylation is 2. The number of nitrogens with zero attached hydrogens (tertiary/aromatic N) is 1. The van der Waals surface area contributed by atoms with Crippen molar-refractivity contribution in [2.24, 2.45) is 17.8 Å². The molecule has 4 atom stereocenters. The molecular weight excluding hydrogens is 510 g/mol. The van der Waals surface area contributed by atoms with Gasteiger partial charge in [-0.1, -0.05) is 23.8 Å². The summed E-state index contributed by atoms with van der Waals surface area (Å²) in [6, 6.07) is 3.70. The molecule has 182 valence electrons. The first kappa shape index (κ1) is 23.9. The van der Waals surface area contributed by atoms with E-state index in [9.17, 15) is 24.3 Å². The quantitative estimate of drug-likeness (QED) is 0.322. The van der Waals surface area contributed by atoms with E-state index in [1.165, 1.54) is 11.0 Å². The first-order valence-corrected chi connectivity index (χ1v) is 12.7. The number of Topliss-reactive ketones (excluding diaryl/α,β-unsaturated/α-hetero) is 1. The lowest BCUT2D eigenvalue weighted by molar-refractivity contribution is -0.145. The van der Waals surface area contributed by atoms with Crippen LogP contribution in [0.25, 0.3) is 0 Å². The minimum atomic E-state index is -0.641. The summed E-state index contributed by atoms with van der Waals surface area (Å²) >= 11 is 3.25. The Morgan fingerprint density at radius 2 is 1.63 bits per heavy atom. The molecule has 5 rings (SSSR count). The van der Waals surface area contributed by atoms with Gasteiger partial charge in [0.1, 0.15) is 5.75 Å².